The lowest BCUT2D eigenvalue weighted by atomic mass is 9.93. The number of carbonyl (C=O) groups is 1. The van der Waals surface area contributed by atoms with Gasteiger partial charge in [0.2, 0.25) is 0 Å². The number of esters is 1. The van der Waals surface area contributed by atoms with Gasteiger partial charge in [0.15, 0.2) is 16.3 Å². The normalized spacial score (nSPS) is 14.8. The number of ether oxygens (including phenoxy) is 4. The summed E-state index contributed by atoms with van der Waals surface area (Å²) >= 11 is 3.47. The summed E-state index contributed by atoms with van der Waals surface area (Å²) in [5.74, 6) is 1.37. The zero-order valence-electron chi connectivity index (χ0n) is 24.4. The highest BCUT2D eigenvalue weighted by atomic mass is 127. The van der Waals surface area contributed by atoms with E-state index in [1.807, 2.05) is 86.7 Å². The van der Waals surface area contributed by atoms with Crippen molar-refractivity contribution in [2.24, 2.45) is 4.99 Å². The van der Waals surface area contributed by atoms with Crippen molar-refractivity contribution in [1.82, 2.24) is 4.57 Å². The van der Waals surface area contributed by atoms with Crippen LogP contribution in [0.1, 0.15) is 43.5 Å². The van der Waals surface area contributed by atoms with E-state index >= 15 is 0 Å². The van der Waals surface area contributed by atoms with Gasteiger partial charge in [-0.05, 0) is 84.8 Å². The number of rotatable bonds is 9. The number of fused-ring (bicyclic) bond motifs is 1. The largest absolute Gasteiger partial charge is 0.497 e. The first-order valence-electron chi connectivity index (χ1n) is 13.7. The number of methoxy groups -OCH3 is 2. The maximum absolute atomic E-state index is 14.2. The summed E-state index contributed by atoms with van der Waals surface area (Å²) in [5.41, 5.74) is 2.75. The molecule has 0 saturated carbocycles. The molecular formula is C33H31IN2O6S. The van der Waals surface area contributed by atoms with Crippen LogP contribution in [0.15, 0.2) is 82.1 Å². The Morgan fingerprint density at radius 2 is 1.79 bits per heavy atom. The molecule has 222 valence electrons. The van der Waals surface area contributed by atoms with E-state index in [-0.39, 0.29) is 18.3 Å². The number of benzene rings is 3. The van der Waals surface area contributed by atoms with Crippen molar-refractivity contribution in [2.45, 2.75) is 32.9 Å². The minimum atomic E-state index is -0.768. The van der Waals surface area contributed by atoms with Crippen LogP contribution in [0.3, 0.4) is 0 Å². The van der Waals surface area contributed by atoms with Gasteiger partial charge in [0, 0.05) is 5.56 Å². The minimum Gasteiger partial charge on any atom is -0.497 e. The quantitative estimate of drug-likeness (QED) is 0.172. The molecule has 1 atom stereocenters. The fourth-order valence-electron chi connectivity index (χ4n) is 4.87. The Labute approximate surface area is 267 Å². The first-order valence-corrected chi connectivity index (χ1v) is 15.6. The average molecular weight is 711 g/mol. The summed E-state index contributed by atoms with van der Waals surface area (Å²) in [4.78, 5) is 33.2. The third-order valence-electron chi connectivity index (χ3n) is 6.71. The van der Waals surface area contributed by atoms with E-state index in [4.69, 9.17) is 23.9 Å². The summed E-state index contributed by atoms with van der Waals surface area (Å²) in [6.45, 7) is 5.85. The summed E-state index contributed by atoms with van der Waals surface area (Å²) in [6, 6.07) is 19.8. The van der Waals surface area contributed by atoms with Gasteiger partial charge < -0.3 is 18.9 Å². The van der Waals surface area contributed by atoms with Crippen molar-refractivity contribution in [2.75, 3.05) is 20.8 Å². The molecule has 4 aromatic rings. The van der Waals surface area contributed by atoms with Crippen LogP contribution in [0.2, 0.25) is 0 Å². The van der Waals surface area contributed by atoms with Crippen LogP contribution in [-0.4, -0.2) is 37.5 Å². The Balaban J connectivity index is 1.77. The Bertz CT molecular complexity index is 1860. The molecule has 1 aliphatic rings. The van der Waals surface area contributed by atoms with Gasteiger partial charge in [-0.3, -0.25) is 9.36 Å². The molecule has 0 bridgehead atoms. The molecule has 0 radical (unpaired) electrons. The third kappa shape index (κ3) is 6.25. The molecule has 3 aromatic carbocycles. The lowest BCUT2D eigenvalue weighted by Crippen LogP contribution is -2.40. The molecule has 5 rings (SSSR count). The molecule has 0 N–H and O–H groups in total. The van der Waals surface area contributed by atoms with Gasteiger partial charge in [-0.15, -0.1) is 0 Å². The predicted octanol–water partition coefficient (Wildman–Crippen LogP) is 5.34. The van der Waals surface area contributed by atoms with Gasteiger partial charge in [-0.25, -0.2) is 9.79 Å². The van der Waals surface area contributed by atoms with Crippen LogP contribution in [-0.2, 0) is 9.53 Å². The van der Waals surface area contributed by atoms with Crippen LogP contribution in [0, 0.1) is 3.57 Å². The Hall–Kier alpha value is -3.90. The van der Waals surface area contributed by atoms with Crippen LogP contribution in [0.25, 0.3) is 11.8 Å². The average Bonchev–Trinajstić information content (AvgIpc) is 3.32. The van der Waals surface area contributed by atoms with Gasteiger partial charge in [0.25, 0.3) is 5.56 Å². The molecule has 8 nitrogen and oxygen atoms in total. The van der Waals surface area contributed by atoms with Gasteiger partial charge >= 0.3 is 5.97 Å². The zero-order valence-corrected chi connectivity index (χ0v) is 27.4. The van der Waals surface area contributed by atoms with Crippen molar-refractivity contribution in [3.05, 3.63) is 112 Å². The molecular weight excluding hydrogens is 679 g/mol. The molecule has 0 fully saturated rings. The van der Waals surface area contributed by atoms with Crippen LogP contribution < -0.4 is 29.1 Å². The Morgan fingerprint density at radius 3 is 2.42 bits per heavy atom. The molecule has 0 amide bonds. The van der Waals surface area contributed by atoms with E-state index in [9.17, 15) is 9.59 Å². The van der Waals surface area contributed by atoms with Crippen molar-refractivity contribution < 1.29 is 23.7 Å². The van der Waals surface area contributed by atoms with Crippen LogP contribution >= 0.6 is 33.9 Å². The van der Waals surface area contributed by atoms with Crippen LogP contribution in [0.5, 0.6) is 17.2 Å². The van der Waals surface area contributed by atoms with Gasteiger partial charge in [0.05, 0.1) is 52.3 Å². The fraction of sp³-hybridized carbons (Fsp3) is 0.242. The maximum atomic E-state index is 14.2. The zero-order chi connectivity index (χ0) is 30.7. The number of aromatic nitrogens is 1. The molecule has 0 aliphatic carbocycles. The van der Waals surface area contributed by atoms with Gasteiger partial charge in [-0.2, -0.15) is 0 Å². The Kier molecular flexibility index (Phi) is 9.36. The van der Waals surface area contributed by atoms with Crippen molar-refractivity contribution in [3.8, 4) is 17.2 Å². The summed E-state index contributed by atoms with van der Waals surface area (Å²) in [6.07, 6.45) is 1.79. The van der Waals surface area contributed by atoms with E-state index in [1.54, 1.807) is 25.7 Å². The molecule has 0 saturated heterocycles. The number of thiazole rings is 1. The van der Waals surface area contributed by atoms with E-state index in [1.165, 1.54) is 11.3 Å². The van der Waals surface area contributed by atoms with E-state index < -0.39 is 12.0 Å². The highest BCUT2D eigenvalue weighted by molar-refractivity contribution is 14.1. The SMILES string of the molecule is CCOC(=O)C1=C(c2ccccc2)N=c2s/c(=C\c3cc(I)c(OC(C)C)c(OC)c3)c(=O)n2[C@@H]1c1ccc(OC)cc1. The molecule has 0 spiro atoms. The van der Waals surface area contributed by atoms with Crippen molar-refractivity contribution in [3.63, 3.8) is 0 Å². The lowest BCUT2D eigenvalue weighted by molar-refractivity contribution is -0.138. The standard InChI is InChI=1S/C33H31IN2O6S/c1-6-41-32(38)27-28(21-10-8-7-9-11-21)35-33-36(29(27)22-12-14-23(39-4)15-13-22)31(37)26(43-33)18-20-16-24(34)30(42-19(2)3)25(17-20)40-5/h7-19,29H,6H2,1-5H3/b26-18-/t29-/m1/s1. The van der Waals surface area contributed by atoms with E-state index in [0.717, 1.165) is 20.3 Å². The van der Waals surface area contributed by atoms with Crippen molar-refractivity contribution >= 4 is 51.7 Å². The monoisotopic (exact) mass is 710 g/mol. The number of hydrogen-bond donors (Lipinski definition) is 0. The topological polar surface area (TPSA) is 88.4 Å². The highest BCUT2D eigenvalue weighted by Crippen LogP contribution is 2.37. The maximum Gasteiger partial charge on any atom is 0.338 e. The number of carbonyl (C=O) groups excluding carboxylic acids is 1. The first kappa shape index (κ1) is 30.6. The second-order valence-electron chi connectivity index (χ2n) is 9.91. The molecule has 0 unspecified atom stereocenters. The minimum absolute atomic E-state index is 0.0256. The van der Waals surface area contributed by atoms with E-state index in [0.29, 0.717) is 37.9 Å². The number of nitrogens with zero attached hydrogens (tertiary/aromatic N) is 2. The second-order valence-corrected chi connectivity index (χ2v) is 12.1. The molecule has 1 aromatic heterocycles. The summed E-state index contributed by atoms with van der Waals surface area (Å²) in [7, 11) is 3.18. The highest BCUT2D eigenvalue weighted by Gasteiger charge is 2.35. The smallest absolute Gasteiger partial charge is 0.338 e. The molecule has 1 aliphatic heterocycles. The second kappa shape index (κ2) is 13.2. The van der Waals surface area contributed by atoms with Crippen molar-refractivity contribution in [1.29, 1.82) is 0 Å². The summed E-state index contributed by atoms with van der Waals surface area (Å²) in [5, 5.41) is 0. The summed E-state index contributed by atoms with van der Waals surface area (Å²) < 4.78 is 25.4. The number of halogens is 1. The fourth-order valence-corrected chi connectivity index (χ4v) is 6.62. The number of hydrogen-bond acceptors (Lipinski definition) is 8. The van der Waals surface area contributed by atoms with Gasteiger partial charge in [0.1, 0.15) is 5.75 Å². The Morgan fingerprint density at radius 1 is 1.07 bits per heavy atom. The predicted molar refractivity (Wildman–Crippen MR) is 176 cm³/mol. The molecule has 43 heavy (non-hydrogen) atoms. The van der Waals surface area contributed by atoms with Crippen LogP contribution in [0.4, 0.5) is 0 Å². The third-order valence-corrected chi connectivity index (χ3v) is 8.49. The molecule has 10 heteroatoms. The molecule has 2 heterocycles. The van der Waals surface area contributed by atoms with Gasteiger partial charge in [-0.1, -0.05) is 53.8 Å². The lowest BCUT2D eigenvalue weighted by Gasteiger charge is -2.26. The van der Waals surface area contributed by atoms with E-state index in [2.05, 4.69) is 22.6 Å². The first-order chi connectivity index (χ1) is 20.7.